The number of hydrogen-bond donors (Lipinski definition) is 1. The lowest BCUT2D eigenvalue weighted by Gasteiger charge is -2.26. The van der Waals surface area contributed by atoms with Crippen LogP contribution < -0.4 is 15.6 Å². The van der Waals surface area contributed by atoms with Crippen LogP contribution in [-0.4, -0.2) is 21.1 Å². The first kappa shape index (κ1) is 25.1. The largest absolute Gasteiger partial charge is 0.456 e. The molecule has 0 radical (unpaired) electrons. The summed E-state index contributed by atoms with van der Waals surface area (Å²) in [5, 5.41) is 3.88. The third-order valence-corrected chi connectivity index (χ3v) is 6.54. The summed E-state index contributed by atoms with van der Waals surface area (Å²) < 4.78 is 6.20. The van der Waals surface area contributed by atoms with Crippen molar-refractivity contribution < 1.29 is 4.42 Å². The van der Waals surface area contributed by atoms with Gasteiger partial charge in [0.05, 0.1) is 10.9 Å². The van der Waals surface area contributed by atoms with Gasteiger partial charge in [0.15, 0.2) is 0 Å². The van der Waals surface area contributed by atoms with Gasteiger partial charge in [-0.15, -0.1) is 0 Å². The topological polar surface area (TPSA) is 45.5 Å². The van der Waals surface area contributed by atoms with Crippen LogP contribution >= 0.6 is 0 Å². The molecule has 4 heteroatoms. The number of anilines is 2. The Labute approximate surface area is 213 Å². The highest BCUT2D eigenvalue weighted by Gasteiger charge is 2.22. The third kappa shape index (κ3) is 5.44. The quantitative estimate of drug-likeness (QED) is 0.286. The maximum absolute atomic E-state index is 13.4. The van der Waals surface area contributed by atoms with Crippen molar-refractivity contribution in [3.63, 3.8) is 0 Å². The van der Waals surface area contributed by atoms with Crippen molar-refractivity contribution in [1.82, 2.24) is 0 Å². The molecule has 4 aromatic rings. The van der Waals surface area contributed by atoms with Gasteiger partial charge in [-0.05, 0) is 59.4 Å². The Kier molecular flexibility index (Phi) is 7.44. The summed E-state index contributed by atoms with van der Waals surface area (Å²) in [5.74, 6) is 0.556. The molecule has 184 valence electrons. The van der Waals surface area contributed by atoms with Crippen molar-refractivity contribution in [1.29, 1.82) is 0 Å². The number of hydrogen-bond acceptors (Lipinski definition) is 4. The number of para-hydroxylation sites is 2. The molecule has 4 rings (SSSR count). The second-order valence-electron chi connectivity index (χ2n) is 9.81. The van der Waals surface area contributed by atoms with Crippen LogP contribution in [0.2, 0.25) is 0 Å². The Hall–Kier alpha value is -4.05. The van der Waals surface area contributed by atoms with Crippen molar-refractivity contribution in [3.8, 4) is 0 Å². The number of benzene rings is 3. The molecule has 4 nitrogen and oxygen atoms in total. The molecule has 0 aliphatic rings. The Morgan fingerprint density at radius 2 is 1.58 bits per heavy atom. The number of rotatable bonds is 8. The van der Waals surface area contributed by atoms with E-state index in [1.807, 2.05) is 69.7 Å². The van der Waals surface area contributed by atoms with Gasteiger partial charge in [0, 0.05) is 32.5 Å². The van der Waals surface area contributed by atoms with Crippen molar-refractivity contribution in [3.05, 3.63) is 112 Å². The number of allylic oxidation sites excluding steroid dienone is 1. The number of nitrogens with zero attached hydrogens (tertiary/aromatic N) is 1. The molecular formula is C32H34N2O2. The average Bonchev–Trinajstić information content (AvgIpc) is 2.89. The molecular weight excluding hydrogens is 444 g/mol. The highest BCUT2D eigenvalue weighted by Crippen LogP contribution is 2.33. The first-order valence-corrected chi connectivity index (χ1v) is 12.3. The normalized spacial score (nSPS) is 12.0. The average molecular weight is 479 g/mol. The highest BCUT2D eigenvalue weighted by atomic mass is 16.3. The van der Waals surface area contributed by atoms with E-state index in [1.165, 1.54) is 5.56 Å². The van der Waals surface area contributed by atoms with Gasteiger partial charge in [-0.2, -0.15) is 0 Å². The molecule has 0 fully saturated rings. The number of fused-ring (bicyclic) bond motifs is 1. The van der Waals surface area contributed by atoms with Gasteiger partial charge >= 0.3 is 0 Å². The van der Waals surface area contributed by atoms with E-state index < -0.39 is 0 Å². The standard InChI is InChI=1S/C32H34N2O2/c1-32(2,27-13-7-8-14-28(27)33-3)22-10-12-26-30(36-29-15-9-6-11-25(29)31(26)35)21-18-23-16-19-24(20-17-23)34(4)5/h6-21,33H,22H2,1-5H3/b12-10+,21-18+. The van der Waals surface area contributed by atoms with Crippen LogP contribution in [0, 0.1) is 0 Å². The minimum absolute atomic E-state index is 0.0239. The van der Waals surface area contributed by atoms with E-state index in [0.717, 1.165) is 23.4 Å². The summed E-state index contributed by atoms with van der Waals surface area (Å²) in [7, 11) is 5.98. The SMILES string of the molecule is CNc1ccccc1C(C)(C)C/C=C/c1c(/C=C/c2ccc(N(C)C)cc2)oc2ccccc2c1=O. The van der Waals surface area contributed by atoms with Crippen LogP contribution in [-0.2, 0) is 5.41 Å². The summed E-state index contributed by atoms with van der Waals surface area (Å²) in [5.41, 5.74) is 5.54. The van der Waals surface area contributed by atoms with Crippen LogP contribution in [0.3, 0.4) is 0 Å². The minimum Gasteiger partial charge on any atom is -0.456 e. The summed E-state index contributed by atoms with van der Waals surface area (Å²) >= 11 is 0. The zero-order valence-corrected chi connectivity index (χ0v) is 21.7. The highest BCUT2D eigenvalue weighted by molar-refractivity contribution is 5.83. The van der Waals surface area contributed by atoms with Crippen molar-refractivity contribution in [2.75, 3.05) is 31.4 Å². The predicted molar refractivity (Wildman–Crippen MR) is 155 cm³/mol. The lowest BCUT2D eigenvalue weighted by molar-refractivity contribution is 0.536. The van der Waals surface area contributed by atoms with Crippen LogP contribution in [0.5, 0.6) is 0 Å². The Morgan fingerprint density at radius 3 is 2.31 bits per heavy atom. The second-order valence-corrected chi connectivity index (χ2v) is 9.81. The first-order chi connectivity index (χ1) is 17.3. The van der Waals surface area contributed by atoms with Gasteiger partial charge in [-0.3, -0.25) is 4.79 Å². The van der Waals surface area contributed by atoms with Crippen LogP contribution in [0.25, 0.3) is 29.2 Å². The minimum atomic E-state index is -0.114. The van der Waals surface area contributed by atoms with Gasteiger partial charge in [-0.25, -0.2) is 0 Å². The molecule has 0 saturated carbocycles. The molecule has 0 amide bonds. The van der Waals surface area contributed by atoms with E-state index >= 15 is 0 Å². The van der Waals surface area contributed by atoms with E-state index in [0.29, 0.717) is 22.3 Å². The molecule has 0 unspecified atom stereocenters. The van der Waals surface area contributed by atoms with Crippen molar-refractivity contribution in [2.24, 2.45) is 0 Å². The van der Waals surface area contributed by atoms with Crippen molar-refractivity contribution in [2.45, 2.75) is 25.7 Å². The zero-order chi connectivity index (χ0) is 25.7. The van der Waals surface area contributed by atoms with Gasteiger partial charge in [-0.1, -0.05) is 74.5 Å². The molecule has 0 saturated heterocycles. The predicted octanol–water partition coefficient (Wildman–Crippen LogP) is 7.45. The van der Waals surface area contributed by atoms with Gasteiger partial charge in [0.2, 0.25) is 5.43 Å². The molecule has 1 heterocycles. The molecule has 1 N–H and O–H groups in total. The molecule has 0 atom stereocenters. The summed E-state index contributed by atoms with van der Waals surface area (Å²) in [6, 6.07) is 24.0. The fraction of sp³-hybridized carbons (Fsp3) is 0.219. The Morgan fingerprint density at radius 1 is 0.889 bits per heavy atom. The molecule has 1 aromatic heterocycles. The zero-order valence-electron chi connectivity index (χ0n) is 21.7. The van der Waals surface area contributed by atoms with E-state index in [2.05, 4.69) is 72.6 Å². The molecule has 0 bridgehead atoms. The molecule has 0 spiro atoms. The fourth-order valence-corrected chi connectivity index (χ4v) is 4.38. The monoisotopic (exact) mass is 478 g/mol. The Bertz CT molecular complexity index is 1460. The molecule has 0 aliphatic heterocycles. The second kappa shape index (κ2) is 10.7. The van der Waals surface area contributed by atoms with E-state index in [9.17, 15) is 4.79 Å². The summed E-state index contributed by atoms with van der Waals surface area (Å²) in [6.07, 6.45) is 8.64. The van der Waals surface area contributed by atoms with Gasteiger partial charge < -0.3 is 14.6 Å². The smallest absolute Gasteiger partial charge is 0.200 e. The van der Waals surface area contributed by atoms with Gasteiger partial charge in [0.1, 0.15) is 11.3 Å². The summed E-state index contributed by atoms with van der Waals surface area (Å²) in [6.45, 7) is 4.43. The van der Waals surface area contributed by atoms with Gasteiger partial charge in [0.25, 0.3) is 0 Å². The molecule has 0 aliphatic carbocycles. The van der Waals surface area contributed by atoms with Crippen LogP contribution in [0.4, 0.5) is 11.4 Å². The lowest BCUT2D eigenvalue weighted by atomic mass is 9.80. The van der Waals surface area contributed by atoms with E-state index in [-0.39, 0.29) is 10.8 Å². The third-order valence-electron chi connectivity index (χ3n) is 6.54. The maximum atomic E-state index is 13.4. The number of nitrogens with one attached hydrogen (secondary N) is 1. The van der Waals surface area contributed by atoms with Crippen LogP contribution in [0.15, 0.2) is 88.1 Å². The first-order valence-electron chi connectivity index (χ1n) is 12.3. The van der Waals surface area contributed by atoms with E-state index in [4.69, 9.17) is 4.42 Å². The molecule has 36 heavy (non-hydrogen) atoms. The summed E-state index contributed by atoms with van der Waals surface area (Å²) in [4.78, 5) is 15.5. The Balaban J connectivity index is 1.69. The fourth-order valence-electron chi connectivity index (χ4n) is 4.38. The van der Waals surface area contributed by atoms with Crippen molar-refractivity contribution >= 4 is 40.6 Å². The molecule has 3 aromatic carbocycles. The van der Waals surface area contributed by atoms with Crippen LogP contribution in [0.1, 0.15) is 42.7 Å². The van der Waals surface area contributed by atoms with E-state index in [1.54, 1.807) is 0 Å². The lowest BCUT2D eigenvalue weighted by Crippen LogP contribution is -2.18. The maximum Gasteiger partial charge on any atom is 0.200 e.